The Labute approximate surface area is 89.4 Å². The molecule has 0 unspecified atom stereocenters. The highest BCUT2D eigenvalue weighted by Gasteiger charge is 2.41. The first kappa shape index (κ1) is 9.60. The largest absolute Gasteiger partial charge is 0.272 e. The SMILES string of the molecule is O=C1CCC(=O)N1N1C(=O)CSC1=S. The van der Waals surface area contributed by atoms with Crippen molar-refractivity contribution in [3.05, 3.63) is 0 Å². The van der Waals surface area contributed by atoms with E-state index in [-0.39, 0.29) is 40.6 Å². The number of hydrogen-bond donors (Lipinski definition) is 0. The van der Waals surface area contributed by atoms with E-state index in [1.165, 1.54) is 11.8 Å². The fraction of sp³-hybridized carbons (Fsp3) is 0.429. The van der Waals surface area contributed by atoms with Crippen molar-refractivity contribution in [2.24, 2.45) is 0 Å². The molecule has 0 aliphatic carbocycles. The third kappa shape index (κ3) is 1.32. The highest BCUT2D eigenvalue weighted by Crippen LogP contribution is 2.25. The monoisotopic (exact) mass is 230 g/mol. The second-order valence-corrected chi connectivity index (χ2v) is 4.47. The van der Waals surface area contributed by atoms with Gasteiger partial charge in [0.25, 0.3) is 5.91 Å². The van der Waals surface area contributed by atoms with Gasteiger partial charge in [-0.1, -0.05) is 24.0 Å². The van der Waals surface area contributed by atoms with Crippen molar-refractivity contribution in [2.45, 2.75) is 12.8 Å². The van der Waals surface area contributed by atoms with Gasteiger partial charge in [0.15, 0.2) is 4.32 Å². The molecule has 0 aromatic heterocycles. The van der Waals surface area contributed by atoms with Crippen LogP contribution in [0.4, 0.5) is 0 Å². The van der Waals surface area contributed by atoms with E-state index in [4.69, 9.17) is 12.2 Å². The maximum absolute atomic E-state index is 11.3. The first-order chi connectivity index (χ1) is 6.61. The van der Waals surface area contributed by atoms with Gasteiger partial charge in [0.05, 0.1) is 5.75 Å². The van der Waals surface area contributed by atoms with Crippen molar-refractivity contribution < 1.29 is 14.4 Å². The molecular weight excluding hydrogens is 224 g/mol. The van der Waals surface area contributed by atoms with Crippen LogP contribution in [0.3, 0.4) is 0 Å². The Bertz CT molecular complexity index is 289. The maximum atomic E-state index is 11.3. The Balaban J connectivity index is 2.29. The Morgan fingerprint density at radius 2 is 1.57 bits per heavy atom. The normalized spacial score (nSPS) is 22.9. The molecule has 2 rings (SSSR count). The van der Waals surface area contributed by atoms with Crippen LogP contribution in [0.5, 0.6) is 0 Å². The third-order valence-corrected chi connectivity index (χ3v) is 3.29. The summed E-state index contributed by atoms with van der Waals surface area (Å²) in [6.07, 6.45) is 0.325. The molecule has 7 heteroatoms. The third-order valence-electron chi connectivity index (χ3n) is 1.95. The topological polar surface area (TPSA) is 57.7 Å². The van der Waals surface area contributed by atoms with Gasteiger partial charge in [0, 0.05) is 12.8 Å². The van der Waals surface area contributed by atoms with Crippen molar-refractivity contribution in [3.8, 4) is 0 Å². The standard InChI is InChI=1S/C7H6N2O3S2/c10-4-1-2-5(11)8(4)9-6(12)3-14-7(9)13/h1-3H2. The van der Waals surface area contributed by atoms with E-state index in [1.807, 2.05) is 0 Å². The number of nitrogens with zero attached hydrogens (tertiary/aromatic N) is 2. The summed E-state index contributed by atoms with van der Waals surface area (Å²) in [4.78, 5) is 33.9. The number of carbonyl (C=O) groups is 3. The molecule has 0 bridgehead atoms. The van der Waals surface area contributed by atoms with Crippen LogP contribution in [0.15, 0.2) is 0 Å². The molecule has 2 heterocycles. The number of hydrogen-bond acceptors (Lipinski definition) is 5. The molecule has 0 saturated carbocycles. The van der Waals surface area contributed by atoms with Crippen molar-refractivity contribution >= 4 is 46.0 Å². The fourth-order valence-electron chi connectivity index (χ4n) is 1.33. The molecule has 0 N–H and O–H groups in total. The minimum atomic E-state index is -0.354. The molecule has 2 saturated heterocycles. The predicted octanol–water partition coefficient (Wildman–Crippen LogP) is -0.0893. The van der Waals surface area contributed by atoms with E-state index in [0.29, 0.717) is 0 Å². The van der Waals surface area contributed by atoms with Gasteiger partial charge in [-0.15, -0.1) is 0 Å². The average Bonchev–Trinajstić information content (AvgIpc) is 2.60. The molecule has 2 aliphatic heterocycles. The lowest BCUT2D eigenvalue weighted by molar-refractivity contribution is -0.158. The van der Waals surface area contributed by atoms with Gasteiger partial charge in [-0.25, -0.2) is 0 Å². The Morgan fingerprint density at radius 1 is 1.00 bits per heavy atom. The molecular formula is C7H6N2O3S2. The van der Waals surface area contributed by atoms with E-state index in [2.05, 4.69) is 0 Å². The maximum Gasteiger partial charge on any atom is 0.258 e. The van der Waals surface area contributed by atoms with E-state index in [0.717, 1.165) is 10.0 Å². The second-order valence-electron chi connectivity index (χ2n) is 2.86. The first-order valence-electron chi connectivity index (χ1n) is 3.96. The molecule has 0 atom stereocenters. The summed E-state index contributed by atoms with van der Waals surface area (Å²) in [6, 6.07) is 0. The van der Waals surface area contributed by atoms with E-state index in [9.17, 15) is 14.4 Å². The van der Waals surface area contributed by atoms with Gasteiger partial charge in [0.2, 0.25) is 11.8 Å². The van der Waals surface area contributed by atoms with Crippen LogP contribution in [-0.2, 0) is 14.4 Å². The number of hydrazine groups is 1. The zero-order valence-corrected chi connectivity index (χ0v) is 8.69. The highest BCUT2D eigenvalue weighted by atomic mass is 32.2. The Hall–Kier alpha value is -0.950. The summed E-state index contributed by atoms with van der Waals surface area (Å²) < 4.78 is 0.276. The molecule has 2 fully saturated rings. The van der Waals surface area contributed by atoms with Crippen LogP contribution in [0.25, 0.3) is 0 Å². The van der Waals surface area contributed by atoms with Crippen LogP contribution < -0.4 is 0 Å². The van der Waals surface area contributed by atoms with Gasteiger partial charge < -0.3 is 0 Å². The molecule has 0 spiro atoms. The second kappa shape index (κ2) is 3.32. The van der Waals surface area contributed by atoms with Gasteiger partial charge in [-0.05, 0) is 0 Å². The minimum absolute atomic E-state index is 0.163. The van der Waals surface area contributed by atoms with Gasteiger partial charge in [-0.3, -0.25) is 14.4 Å². The van der Waals surface area contributed by atoms with E-state index < -0.39 is 0 Å². The lowest BCUT2D eigenvalue weighted by Gasteiger charge is -2.23. The molecule has 74 valence electrons. The van der Waals surface area contributed by atoms with E-state index in [1.54, 1.807) is 0 Å². The molecule has 2 aliphatic rings. The molecule has 5 nitrogen and oxygen atoms in total. The molecule has 0 aromatic rings. The summed E-state index contributed by atoms with van der Waals surface area (Å²) in [5.74, 6) is -0.805. The first-order valence-corrected chi connectivity index (χ1v) is 5.36. The summed E-state index contributed by atoms with van der Waals surface area (Å²) in [5.41, 5.74) is 0. The zero-order valence-electron chi connectivity index (χ0n) is 7.06. The Morgan fingerprint density at radius 3 is 2.00 bits per heavy atom. The van der Waals surface area contributed by atoms with Crippen molar-refractivity contribution in [3.63, 3.8) is 0 Å². The van der Waals surface area contributed by atoms with Crippen LogP contribution in [-0.4, -0.2) is 37.8 Å². The van der Waals surface area contributed by atoms with Gasteiger partial charge in [-0.2, -0.15) is 10.0 Å². The average molecular weight is 230 g/mol. The number of rotatable bonds is 1. The van der Waals surface area contributed by atoms with Crippen molar-refractivity contribution in [2.75, 3.05) is 5.75 Å². The van der Waals surface area contributed by atoms with Crippen LogP contribution in [0.2, 0.25) is 0 Å². The smallest absolute Gasteiger partial charge is 0.258 e. The van der Waals surface area contributed by atoms with Crippen LogP contribution in [0.1, 0.15) is 12.8 Å². The zero-order chi connectivity index (χ0) is 10.3. The molecule has 0 aromatic carbocycles. The minimum Gasteiger partial charge on any atom is -0.272 e. The molecule has 3 amide bonds. The van der Waals surface area contributed by atoms with Crippen LogP contribution >= 0.6 is 24.0 Å². The Kier molecular flexibility index (Phi) is 2.28. The van der Waals surface area contributed by atoms with Crippen molar-refractivity contribution in [1.82, 2.24) is 10.0 Å². The highest BCUT2D eigenvalue weighted by molar-refractivity contribution is 8.23. The number of amides is 3. The van der Waals surface area contributed by atoms with Crippen LogP contribution in [0, 0.1) is 0 Å². The van der Waals surface area contributed by atoms with Gasteiger partial charge in [0.1, 0.15) is 0 Å². The summed E-state index contributed by atoms with van der Waals surface area (Å²) in [5, 5.41) is 1.88. The number of carbonyl (C=O) groups excluding carboxylic acids is 3. The predicted molar refractivity (Wildman–Crippen MR) is 53.0 cm³/mol. The molecule has 14 heavy (non-hydrogen) atoms. The summed E-state index contributed by atoms with van der Waals surface area (Å²) >= 11 is 6.05. The van der Waals surface area contributed by atoms with Crippen molar-refractivity contribution in [1.29, 1.82) is 0 Å². The quantitative estimate of drug-likeness (QED) is 0.465. The van der Waals surface area contributed by atoms with E-state index >= 15 is 0 Å². The lowest BCUT2D eigenvalue weighted by atomic mass is 10.4. The summed E-state index contributed by atoms with van der Waals surface area (Å²) in [7, 11) is 0. The number of thioether (sulfide) groups is 1. The fourth-order valence-corrected chi connectivity index (χ4v) is 2.36. The van der Waals surface area contributed by atoms with Gasteiger partial charge >= 0.3 is 0 Å². The number of imide groups is 1. The summed E-state index contributed by atoms with van der Waals surface area (Å²) in [6.45, 7) is 0. The lowest BCUT2D eigenvalue weighted by Crippen LogP contribution is -2.48. The molecule has 0 radical (unpaired) electrons. The number of thiocarbonyl (C=S) groups is 1.